The fraction of sp³-hybridized carbons (Fsp3) is 0.364. The number of nitriles is 1. The van der Waals surface area contributed by atoms with Crippen LogP contribution in [-0.4, -0.2) is 5.88 Å². The number of rotatable bonds is 3. The van der Waals surface area contributed by atoms with Crippen molar-refractivity contribution in [3.05, 3.63) is 35.9 Å². The van der Waals surface area contributed by atoms with E-state index < -0.39 is 5.41 Å². The highest BCUT2D eigenvalue weighted by atomic mass is 35.5. The summed E-state index contributed by atoms with van der Waals surface area (Å²) >= 11 is 5.66. The lowest BCUT2D eigenvalue weighted by Gasteiger charge is -2.20. The first-order valence-electron chi connectivity index (χ1n) is 4.26. The molecule has 1 aromatic rings. The number of benzene rings is 1. The molecule has 0 spiro atoms. The zero-order valence-electron chi connectivity index (χ0n) is 7.63. The van der Waals surface area contributed by atoms with Gasteiger partial charge >= 0.3 is 0 Å². The molecule has 0 saturated carbocycles. The van der Waals surface area contributed by atoms with Crippen molar-refractivity contribution in [2.45, 2.75) is 18.8 Å². The Hall–Kier alpha value is -1.00. The minimum atomic E-state index is -0.441. The van der Waals surface area contributed by atoms with Gasteiger partial charge < -0.3 is 0 Å². The van der Waals surface area contributed by atoms with E-state index in [0.717, 1.165) is 5.56 Å². The van der Waals surface area contributed by atoms with E-state index in [2.05, 4.69) is 6.07 Å². The highest BCUT2D eigenvalue weighted by Gasteiger charge is 2.24. The standard InChI is InChI=1S/C11H12ClN/c1-11(9-13,7-8-12)10-5-3-2-4-6-10/h2-6H,7-8H2,1H3. The van der Waals surface area contributed by atoms with Gasteiger partial charge in [0.15, 0.2) is 0 Å². The van der Waals surface area contributed by atoms with Gasteiger partial charge in [0.25, 0.3) is 0 Å². The topological polar surface area (TPSA) is 23.8 Å². The first-order valence-corrected chi connectivity index (χ1v) is 4.79. The van der Waals surface area contributed by atoms with Gasteiger partial charge in [-0.3, -0.25) is 0 Å². The highest BCUT2D eigenvalue weighted by Crippen LogP contribution is 2.26. The molecule has 1 nitrogen and oxygen atoms in total. The minimum Gasteiger partial charge on any atom is -0.197 e. The van der Waals surface area contributed by atoms with Crippen LogP contribution in [0.2, 0.25) is 0 Å². The summed E-state index contributed by atoms with van der Waals surface area (Å²) in [4.78, 5) is 0. The maximum Gasteiger partial charge on any atom is 0.0805 e. The van der Waals surface area contributed by atoms with E-state index in [-0.39, 0.29) is 0 Å². The first kappa shape index (κ1) is 10.1. The van der Waals surface area contributed by atoms with Crippen molar-refractivity contribution in [1.82, 2.24) is 0 Å². The summed E-state index contributed by atoms with van der Waals surface area (Å²) in [5, 5.41) is 9.06. The second kappa shape index (κ2) is 4.30. The molecule has 0 aliphatic heterocycles. The molecule has 0 radical (unpaired) electrons. The van der Waals surface area contributed by atoms with Crippen molar-refractivity contribution in [2.75, 3.05) is 5.88 Å². The molecule has 1 atom stereocenters. The third-order valence-corrected chi connectivity index (χ3v) is 2.44. The van der Waals surface area contributed by atoms with Gasteiger partial charge in [0.2, 0.25) is 0 Å². The Labute approximate surface area is 84.0 Å². The summed E-state index contributed by atoms with van der Waals surface area (Å²) < 4.78 is 0. The maximum absolute atomic E-state index is 9.06. The van der Waals surface area contributed by atoms with Crippen LogP contribution in [0.3, 0.4) is 0 Å². The predicted octanol–water partition coefficient (Wildman–Crippen LogP) is 3.10. The molecule has 0 aliphatic rings. The lowest BCUT2D eigenvalue weighted by Crippen LogP contribution is -2.19. The van der Waals surface area contributed by atoms with E-state index in [1.54, 1.807) is 0 Å². The number of alkyl halides is 1. The van der Waals surface area contributed by atoms with Crippen LogP contribution in [0, 0.1) is 11.3 Å². The molecule has 1 unspecified atom stereocenters. The first-order chi connectivity index (χ1) is 6.23. The Balaban J connectivity index is 2.98. The lowest BCUT2D eigenvalue weighted by atomic mass is 9.82. The van der Waals surface area contributed by atoms with Gasteiger partial charge in [-0.15, -0.1) is 11.6 Å². The smallest absolute Gasteiger partial charge is 0.0805 e. The second-order valence-corrected chi connectivity index (χ2v) is 3.63. The average Bonchev–Trinajstić information content (AvgIpc) is 2.19. The molecule has 0 aliphatic carbocycles. The minimum absolute atomic E-state index is 0.441. The Kier molecular flexibility index (Phi) is 3.33. The van der Waals surface area contributed by atoms with Crippen molar-refractivity contribution < 1.29 is 0 Å². The van der Waals surface area contributed by atoms with E-state index in [0.29, 0.717) is 12.3 Å². The number of halogens is 1. The van der Waals surface area contributed by atoms with Crippen LogP contribution in [0.5, 0.6) is 0 Å². The largest absolute Gasteiger partial charge is 0.197 e. The molecule has 0 fully saturated rings. The molecular formula is C11H12ClN. The van der Waals surface area contributed by atoms with Gasteiger partial charge in [0.1, 0.15) is 0 Å². The van der Waals surface area contributed by atoms with Crippen LogP contribution in [-0.2, 0) is 5.41 Å². The normalized spacial score (nSPS) is 14.5. The highest BCUT2D eigenvalue weighted by molar-refractivity contribution is 6.17. The number of nitrogens with zero attached hydrogens (tertiary/aromatic N) is 1. The molecule has 0 N–H and O–H groups in total. The Morgan fingerprint density at radius 2 is 2.00 bits per heavy atom. The van der Waals surface area contributed by atoms with E-state index >= 15 is 0 Å². The van der Waals surface area contributed by atoms with Crippen LogP contribution in [0.15, 0.2) is 30.3 Å². The van der Waals surface area contributed by atoms with E-state index in [1.807, 2.05) is 37.3 Å². The Morgan fingerprint density at radius 3 is 2.46 bits per heavy atom. The molecule has 0 aromatic heterocycles. The predicted molar refractivity (Wildman–Crippen MR) is 54.7 cm³/mol. The fourth-order valence-electron chi connectivity index (χ4n) is 1.26. The van der Waals surface area contributed by atoms with E-state index in [4.69, 9.17) is 16.9 Å². The third-order valence-electron chi connectivity index (χ3n) is 2.25. The summed E-state index contributed by atoms with van der Waals surface area (Å²) in [6.45, 7) is 1.92. The Morgan fingerprint density at radius 1 is 1.38 bits per heavy atom. The van der Waals surface area contributed by atoms with Gasteiger partial charge in [-0.25, -0.2) is 0 Å². The molecule has 0 saturated heterocycles. The summed E-state index contributed by atoms with van der Waals surface area (Å²) in [6.07, 6.45) is 0.690. The van der Waals surface area contributed by atoms with Gasteiger partial charge in [0.05, 0.1) is 11.5 Å². The van der Waals surface area contributed by atoms with Crippen LogP contribution in [0.25, 0.3) is 0 Å². The molecule has 68 valence electrons. The maximum atomic E-state index is 9.06. The van der Waals surface area contributed by atoms with Crippen molar-refractivity contribution in [2.24, 2.45) is 0 Å². The zero-order chi connectivity index (χ0) is 9.73. The summed E-state index contributed by atoms with van der Waals surface area (Å²) in [5.41, 5.74) is 0.598. The quantitative estimate of drug-likeness (QED) is 0.677. The van der Waals surface area contributed by atoms with Gasteiger partial charge in [-0.1, -0.05) is 30.3 Å². The molecule has 0 heterocycles. The SMILES string of the molecule is CC(C#N)(CCCl)c1ccccc1. The molecule has 0 amide bonds. The molecule has 1 rings (SSSR count). The number of hydrogen-bond acceptors (Lipinski definition) is 1. The molecule has 2 heteroatoms. The van der Waals surface area contributed by atoms with Gasteiger partial charge in [-0.2, -0.15) is 5.26 Å². The fourth-order valence-corrected chi connectivity index (χ4v) is 1.64. The van der Waals surface area contributed by atoms with Crippen molar-refractivity contribution in [3.63, 3.8) is 0 Å². The van der Waals surface area contributed by atoms with Crippen LogP contribution >= 0.6 is 11.6 Å². The molecule has 1 aromatic carbocycles. The molecule has 13 heavy (non-hydrogen) atoms. The van der Waals surface area contributed by atoms with E-state index in [9.17, 15) is 0 Å². The van der Waals surface area contributed by atoms with Crippen molar-refractivity contribution in [3.8, 4) is 6.07 Å². The van der Waals surface area contributed by atoms with E-state index in [1.165, 1.54) is 0 Å². The van der Waals surface area contributed by atoms with Crippen molar-refractivity contribution in [1.29, 1.82) is 5.26 Å². The van der Waals surface area contributed by atoms with Gasteiger partial charge in [0, 0.05) is 5.88 Å². The van der Waals surface area contributed by atoms with Crippen LogP contribution in [0.4, 0.5) is 0 Å². The van der Waals surface area contributed by atoms with Gasteiger partial charge in [-0.05, 0) is 18.9 Å². The monoisotopic (exact) mass is 193 g/mol. The lowest BCUT2D eigenvalue weighted by molar-refractivity contribution is 0.591. The van der Waals surface area contributed by atoms with Crippen LogP contribution < -0.4 is 0 Å². The molecule has 0 bridgehead atoms. The second-order valence-electron chi connectivity index (χ2n) is 3.25. The summed E-state index contributed by atoms with van der Waals surface area (Å²) in [7, 11) is 0. The average molecular weight is 194 g/mol. The zero-order valence-corrected chi connectivity index (χ0v) is 8.38. The third kappa shape index (κ3) is 2.23. The number of hydrogen-bond donors (Lipinski definition) is 0. The Bertz CT molecular complexity index is 302. The van der Waals surface area contributed by atoms with Crippen LogP contribution in [0.1, 0.15) is 18.9 Å². The molecular weight excluding hydrogens is 182 g/mol. The summed E-state index contributed by atoms with van der Waals surface area (Å²) in [5.74, 6) is 0.513. The van der Waals surface area contributed by atoms with Crippen molar-refractivity contribution >= 4 is 11.6 Å². The summed E-state index contributed by atoms with van der Waals surface area (Å²) in [6, 6.07) is 12.1.